The van der Waals surface area contributed by atoms with Crippen LogP contribution in [0.2, 0.25) is 0 Å². The van der Waals surface area contributed by atoms with Crippen molar-refractivity contribution in [3.05, 3.63) is 34.7 Å². The van der Waals surface area contributed by atoms with Crippen molar-refractivity contribution in [1.82, 2.24) is 9.88 Å². The van der Waals surface area contributed by atoms with Gasteiger partial charge in [0.05, 0.1) is 18.5 Å². The summed E-state index contributed by atoms with van der Waals surface area (Å²) in [5, 5.41) is 3.41. The summed E-state index contributed by atoms with van der Waals surface area (Å²) in [6.45, 7) is 1.72. The van der Waals surface area contributed by atoms with Gasteiger partial charge in [0.1, 0.15) is 6.10 Å². The van der Waals surface area contributed by atoms with Crippen molar-refractivity contribution in [3.63, 3.8) is 0 Å². The van der Waals surface area contributed by atoms with Crippen LogP contribution < -0.4 is 5.32 Å². The number of nitrogens with one attached hydrogen (secondary N) is 1. The Morgan fingerprint density at radius 2 is 2.33 bits per heavy atom. The van der Waals surface area contributed by atoms with E-state index in [4.69, 9.17) is 9.15 Å². The molecule has 2 aromatic rings. The van der Waals surface area contributed by atoms with Crippen molar-refractivity contribution in [2.75, 3.05) is 18.5 Å². The third-order valence-corrected chi connectivity index (χ3v) is 5.20. The molecule has 2 amide bonds. The number of furan rings is 1. The van der Waals surface area contributed by atoms with E-state index in [1.165, 1.54) is 17.6 Å². The number of anilines is 1. The van der Waals surface area contributed by atoms with Gasteiger partial charge < -0.3 is 14.1 Å². The third-order valence-electron chi connectivity index (χ3n) is 4.20. The van der Waals surface area contributed by atoms with Crippen LogP contribution in [-0.2, 0) is 22.5 Å². The lowest BCUT2D eigenvalue weighted by Gasteiger charge is -2.25. The maximum Gasteiger partial charge on any atom is 0.289 e. The molecule has 0 spiro atoms. The van der Waals surface area contributed by atoms with Crippen molar-refractivity contribution in [2.24, 2.45) is 0 Å². The van der Waals surface area contributed by atoms with Crippen LogP contribution in [0.5, 0.6) is 0 Å². The van der Waals surface area contributed by atoms with Crippen LogP contribution >= 0.6 is 11.3 Å². The SMILES string of the molecule is O=C(Nc1nc2c(s1)CN(C(=O)c1ccco1)CC2)[C@H]1CCCO1. The molecule has 4 rings (SSSR count). The number of carbonyl (C=O) groups is 2. The van der Waals surface area contributed by atoms with E-state index in [1.54, 1.807) is 17.0 Å². The second-order valence-electron chi connectivity index (χ2n) is 5.83. The van der Waals surface area contributed by atoms with Gasteiger partial charge in [0.15, 0.2) is 10.9 Å². The fourth-order valence-corrected chi connectivity index (χ4v) is 3.98. The van der Waals surface area contributed by atoms with Gasteiger partial charge >= 0.3 is 0 Å². The zero-order valence-corrected chi connectivity index (χ0v) is 13.8. The van der Waals surface area contributed by atoms with Gasteiger partial charge in [-0.25, -0.2) is 4.98 Å². The minimum Gasteiger partial charge on any atom is -0.459 e. The van der Waals surface area contributed by atoms with Gasteiger partial charge in [0.25, 0.3) is 11.8 Å². The summed E-state index contributed by atoms with van der Waals surface area (Å²) >= 11 is 1.42. The number of ether oxygens (including phenoxy) is 1. The Morgan fingerprint density at radius 1 is 1.42 bits per heavy atom. The molecular weight excluding hydrogens is 330 g/mol. The number of fused-ring (bicyclic) bond motifs is 1. The minimum atomic E-state index is -0.372. The van der Waals surface area contributed by atoms with Gasteiger partial charge in [-0.05, 0) is 25.0 Å². The van der Waals surface area contributed by atoms with E-state index < -0.39 is 0 Å². The van der Waals surface area contributed by atoms with Crippen LogP contribution in [-0.4, -0.2) is 41.0 Å². The van der Waals surface area contributed by atoms with Gasteiger partial charge in [-0.2, -0.15) is 0 Å². The van der Waals surface area contributed by atoms with E-state index in [1.807, 2.05) is 0 Å². The number of carbonyl (C=O) groups excluding carboxylic acids is 2. The lowest BCUT2D eigenvalue weighted by atomic mass is 10.1. The van der Waals surface area contributed by atoms with Crippen LogP contribution in [0.4, 0.5) is 5.13 Å². The zero-order chi connectivity index (χ0) is 16.5. The number of hydrogen-bond acceptors (Lipinski definition) is 6. The van der Waals surface area contributed by atoms with Crippen LogP contribution in [0.15, 0.2) is 22.8 Å². The van der Waals surface area contributed by atoms with Crippen molar-refractivity contribution in [2.45, 2.75) is 31.9 Å². The molecule has 1 saturated heterocycles. The standard InChI is InChI=1S/C16H17N3O4S/c20-14(11-3-1-7-22-11)18-16-17-10-5-6-19(9-13(10)24-16)15(21)12-4-2-8-23-12/h2,4,8,11H,1,3,5-7,9H2,(H,17,18,20)/t11-/m1/s1. The average Bonchev–Trinajstić information content (AvgIpc) is 3.32. The molecule has 8 heteroatoms. The van der Waals surface area contributed by atoms with Crippen LogP contribution in [0.1, 0.15) is 34.0 Å². The molecule has 1 N–H and O–H groups in total. The highest BCUT2D eigenvalue weighted by Gasteiger charge is 2.28. The minimum absolute atomic E-state index is 0.121. The Kier molecular flexibility index (Phi) is 4.07. The number of rotatable bonds is 3. The summed E-state index contributed by atoms with van der Waals surface area (Å²) in [5.41, 5.74) is 0.950. The summed E-state index contributed by atoms with van der Waals surface area (Å²) in [5.74, 6) is 0.0842. The fraction of sp³-hybridized carbons (Fsp3) is 0.438. The zero-order valence-electron chi connectivity index (χ0n) is 13.0. The summed E-state index contributed by atoms with van der Waals surface area (Å²) in [7, 11) is 0. The van der Waals surface area contributed by atoms with Crippen molar-refractivity contribution >= 4 is 28.3 Å². The third kappa shape index (κ3) is 2.94. The second kappa shape index (κ2) is 6.37. The average molecular weight is 347 g/mol. The Bertz CT molecular complexity index is 749. The quantitative estimate of drug-likeness (QED) is 0.918. The molecule has 0 saturated carbocycles. The van der Waals surface area contributed by atoms with Crippen LogP contribution in [0, 0.1) is 0 Å². The van der Waals surface area contributed by atoms with E-state index in [2.05, 4.69) is 10.3 Å². The molecule has 4 heterocycles. The molecular formula is C16H17N3O4S. The number of thiazole rings is 1. The van der Waals surface area contributed by atoms with E-state index in [0.29, 0.717) is 37.0 Å². The first kappa shape index (κ1) is 15.3. The number of amides is 2. The Labute approximate surface area is 142 Å². The predicted octanol–water partition coefficient (Wildman–Crippen LogP) is 2.05. The summed E-state index contributed by atoms with van der Waals surface area (Å²) in [4.78, 5) is 31.7. The van der Waals surface area contributed by atoms with Gasteiger partial charge in [0.2, 0.25) is 0 Å². The van der Waals surface area contributed by atoms with E-state index >= 15 is 0 Å². The molecule has 0 aliphatic carbocycles. The largest absolute Gasteiger partial charge is 0.459 e. The highest BCUT2D eigenvalue weighted by atomic mass is 32.1. The molecule has 7 nitrogen and oxygen atoms in total. The summed E-state index contributed by atoms with van der Waals surface area (Å²) in [6, 6.07) is 3.37. The lowest BCUT2D eigenvalue weighted by molar-refractivity contribution is -0.124. The highest BCUT2D eigenvalue weighted by Crippen LogP contribution is 2.29. The maximum absolute atomic E-state index is 12.4. The molecule has 0 bridgehead atoms. The van der Waals surface area contributed by atoms with Crippen LogP contribution in [0.3, 0.4) is 0 Å². The predicted molar refractivity (Wildman–Crippen MR) is 86.9 cm³/mol. The molecule has 2 aliphatic heterocycles. The summed E-state index contributed by atoms with van der Waals surface area (Å²) in [6.07, 6.45) is 3.46. The normalized spacial score (nSPS) is 20.0. The fourth-order valence-electron chi connectivity index (χ4n) is 2.95. The Morgan fingerprint density at radius 3 is 3.08 bits per heavy atom. The Hall–Kier alpha value is -2.19. The molecule has 24 heavy (non-hydrogen) atoms. The molecule has 2 aromatic heterocycles. The van der Waals surface area contributed by atoms with Gasteiger partial charge in [-0.3, -0.25) is 14.9 Å². The molecule has 0 radical (unpaired) electrons. The molecule has 1 atom stereocenters. The van der Waals surface area contributed by atoms with Crippen LogP contribution in [0.25, 0.3) is 0 Å². The smallest absolute Gasteiger partial charge is 0.289 e. The Balaban J connectivity index is 1.44. The number of nitrogens with zero attached hydrogens (tertiary/aromatic N) is 2. The monoisotopic (exact) mass is 347 g/mol. The number of aromatic nitrogens is 1. The topological polar surface area (TPSA) is 84.7 Å². The van der Waals surface area contributed by atoms with Gasteiger partial charge in [0, 0.05) is 24.4 Å². The van der Waals surface area contributed by atoms with Crippen molar-refractivity contribution < 1.29 is 18.7 Å². The molecule has 2 aliphatic rings. The summed E-state index contributed by atoms with van der Waals surface area (Å²) < 4.78 is 10.6. The molecule has 0 unspecified atom stereocenters. The molecule has 126 valence electrons. The number of hydrogen-bond donors (Lipinski definition) is 1. The van der Waals surface area contributed by atoms with E-state index in [0.717, 1.165) is 23.4 Å². The highest BCUT2D eigenvalue weighted by molar-refractivity contribution is 7.15. The first-order valence-electron chi connectivity index (χ1n) is 7.94. The first-order valence-corrected chi connectivity index (χ1v) is 8.76. The maximum atomic E-state index is 12.4. The lowest BCUT2D eigenvalue weighted by Crippen LogP contribution is -2.35. The van der Waals surface area contributed by atoms with Gasteiger partial charge in [-0.15, -0.1) is 0 Å². The van der Waals surface area contributed by atoms with Gasteiger partial charge in [-0.1, -0.05) is 11.3 Å². The first-order chi connectivity index (χ1) is 11.7. The van der Waals surface area contributed by atoms with Crippen molar-refractivity contribution in [3.8, 4) is 0 Å². The van der Waals surface area contributed by atoms with Crippen molar-refractivity contribution in [1.29, 1.82) is 0 Å². The molecule has 1 fully saturated rings. The van der Waals surface area contributed by atoms with E-state index in [-0.39, 0.29) is 17.9 Å². The molecule has 0 aromatic carbocycles. The second-order valence-corrected chi connectivity index (χ2v) is 6.92. The van der Waals surface area contributed by atoms with E-state index in [9.17, 15) is 9.59 Å².